The Morgan fingerprint density at radius 3 is 2.80 bits per heavy atom. The minimum atomic E-state index is -0.883. The number of benzene rings is 1. The van der Waals surface area contributed by atoms with Crippen molar-refractivity contribution in [1.29, 1.82) is 0 Å². The zero-order chi connectivity index (χ0) is 18.0. The summed E-state index contributed by atoms with van der Waals surface area (Å²) in [4.78, 5) is 13.9. The Kier molecular flexibility index (Phi) is 5.15. The molecule has 2 heterocycles. The van der Waals surface area contributed by atoms with E-state index in [4.69, 9.17) is 5.73 Å². The lowest BCUT2D eigenvalue weighted by atomic mass is 9.89. The van der Waals surface area contributed by atoms with Gasteiger partial charge in [0.2, 0.25) is 5.91 Å². The summed E-state index contributed by atoms with van der Waals surface area (Å²) >= 11 is 0. The molecule has 0 bridgehead atoms. The largest absolute Gasteiger partial charge is 0.391 e. The van der Waals surface area contributed by atoms with Crippen LogP contribution in [-0.2, 0) is 4.79 Å². The van der Waals surface area contributed by atoms with E-state index in [1.807, 2.05) is 6.07 Å². The molecule has 7 heteroatoms. The molecule has 1 aromatic heterocycles. The maximum Gasteiger partial charge on any atom is 0.242 e. The molecule has 6 nitrogen and oxygen atoms in total. The van der Waals surface area contributed by atoms with Crippen molar-refractivity contribution in [3.8, 4) is 11.1 Å². The number of nitrogens with one attached hydrogen (secondary N) is 1. The number of nitrogens with two attached hydrogens (primary N) is 1. The molecule has 0 radical (unpaired) electrons. The van der Waals surface area contributed by atoms with Gasteiger partial charge in [0, 0.05) is 30.3 Å². The van der Waals surface area contributed by atoms with Crippen LogP contribution in [0.1, 0.15) is 31.4 Å². The Bertz CT molecular complexity index is 738. The van der Waals surface area contributed by atoms with Gasteiger partial charge in [0.25, 0.3) is 0 Å². The Balaban J connectivity index is 1.70. The van der Waals surface area contributed by atoms with Crippen LogP contribution in [0.15, 0.2) is 30.5 Å². The highest BCUT2D eigenvalue weighted by Gasteiger charge is 2.30. The Morgan fingerprint density at radius 2 is 2.16 bits per heavy atom. The highest BCUT2D eigenvalue weighted by molar-refractivity contribution is 5.82. The van der Waals surface area contributed by atoms with Gasteiger partial charge < -0.3 is 15.7 Å². The van der Waals surface area contributed by atoms with Gasteiger partial charge in [-0.25, -0.2) is 4.39 Å². The Morgan fingerprint density at radius 1 is 1.44 bits per heavy atom. The van der Waals surface area contributed by atoms with Gasteiger partial charge in [0.1, 0.15) is 11.9 Å². The lowest BCUT2D eigenvalue weighted by Gasteiger charge is -2.34. The average molecular weight is 346 g/mol. The number of piperidine rings is 1. The first-order chi connectivity index (χ1) is 12.0. The Labute approximate surface area is 145 Å². The van der Waals surface area contributed by atoms with Crippen LogP contribution < -0.4 is 5.73 Å². The number of amides is 1. The number of aromatic nitrogens is 2. The quantitative estimate of drug-likeness (QED) is 0.784. The highest BCUT2D eigenvalue weighted by atomic mass is 19.1. The number of hydrogen-bond donors (Lipinski definition) is 3. The molecule has 0 unspecified atom stereocenters. The van der Waals surface area contributed by atoms with Crippen LogP contribution in [0.4, 0.5) is 4.39 Å². The number of aliphatic hydroxyl groups is 1. The van der Waals surface area contributed by atoms with Crippen LogP contribution >= 0.6 is 0 Å². The summed E-state index contributed by atoms with van der Waals surface area (Å²) in [6.07, 6.45) is 2.38. The first-order valence-electron chi connectivity index (χ1n) is 8.49. The van der Waals surface area contributed by atoms with E-state index in [0.29, 0.717) is 13.1 Å². The van der Waals surface area contributed by atoms with Gasteiger partial charge in [-0.1, -0.05) is 12.1 Å². The van der Waals surface area contributed by atoms with Crippen LogP contribution in [0.2, 0.25) is 0 Å². The predicted octanol–water partition coefficient (Wildman–Crippen LogP) is 1.63. The monoisotopic (exact) mass is 346 g/mol. The molecule has 0 saturated carbocycles. The van der Waals surface area contributed by atoms with E-state index in [9.17, 15) is 14.3 Å². The molecule has 0 spiro atoms. The van der Waals surface area contributed by atoms with Crippen LogP contribution in [0.5, 0.6) is 0 Å². The van der Waals surface area contributed by atoms with Crippen molar-refractivity contribution < 1.29 is 14.3 Å². The van der Waals surface area contributed by atoms with Gasteiger partial charge in [-0.05, 0) is 37.5 Å². The minimum Gasteiger partial charge on any atom is -0.391 e. The number of rotatable bonds is 4. The number of aliphatic hydroxyl groups excluding tert-OH is 1. The SMILES string of the molecule is C[C@@H](O)[C@H](N)C(=O)N1CCC(c2[nH]ncc2-c2cccc(F)c2)CC1. The van der Waals surface area contributed by atoms with E-state index in [1.54, 1.807) is 17.2 Å². The van der Waals surface area contributed by atoms with E-state index in [2.05, 4.69) is 10.2 Å². The normalized spacial score (nSPS) is 18.2. The van der Waals surface area contributed by atoms with Gasteiger partial charge in [0.15, 0.2) is 0 Å². The summed E-state index contributed by atoms with van der Waals surface area (Å²) in [5, 5.41) is 16.7. The van der Waals surface area contributed by atoms with Crippen molar-refractivity contribution in [2.75, 3.05) is 13.1 Å². The van der Waals surface area contributed by atoms with Gasteiger partial charge in [-0.3, -0.25) is 9.89 Å². The Hall–Kier alpha value is -2.25. The van der Waals surface area contributed by atoms with Crippen molar-refractivity contribution in [1.82, 2.24) is 15.1 Å². The van der Waals surface area contributed by atoms with Crippen molar-refractivity contribution in [2.24, 2.45) is 5.73 Å². The number of halogens is 1. The molecule has 25 heavy (non-hydrogen) atoms. The van der Waals surface area contributed by atoms with E-state index in [-0.39, 0.29) is 17.6 Å². The molecule has 134 valence electrons. The summed E-state index contributed by atoms with van der Waals surface area (Å²) in [6.45, 7) is 2.67. The second-order valence-electron chi connectivity index (χ2n) is 6.57. The lowest BCUT2D eigenvalue weighted by molar-refractivity contribution is -0.135. The highest BCUT2D eigenvalue weighted by Crippen LogP contribution is 2.34. The third kappa shape index (κ3) is 3.72. The third-order valence-electron chi connectivity index (χ3n) is 4.82. The summed E-state index contributed by atoms with van der Waals surface area (Å²) in [6, 6.07) is 5.57. The smallest absolute Gasteiger partial charge is 0.242 e. The van der Waals surface area contributed by atoms with Crippen molar-refractivity contribution in [3.63, 3.8) is 0 Å². The first kappa shape index (κ1) is 17.6. The fourth-order valence-corrected chi connectivity index (χ4v) is 3.30. The summed E-state index contributed by atoms with van der Waals surface area (Å²) < 4.78 is 13.5. The summed E-state index contributed by atoms with van der Waals surface area (Å²) in [5.74, 6) is -0.284. The molecule has 2 atom stereocenters. The molecular formula is C18H23FN4O2. The topological polar surface area (TPSA) is 95.2 Å². The molecule has 1 aliphatic heterocycles. The summed E-state index contributed by atoms with van der Waals surface area (Å²) in [5.41, 5.74) is 8.40. The predicted molar refractivity (Wildman–Crippen MR) is 92.2 cm³/mol. The molecule has 1 saturated heterocycles. The molecule has 4 N–H and O–H groups in total. The number of carbonyl (C=O) groups excluding carboxylic acids is 1. The van der Waals surface area contributed by atoms with Gasteiger partial charge in [-0.2, -0.15) is 5.10 Å². The molecule has 2 aromatic rings. The molecule has 1 fully saturated rings. The van der Waals surface area contributed by atoms with Crippen molar-refractivity contribution in [2.45, 2.75) is 37.8 Å². The van der Waals surface area contributed by atoms with E-state index in [1.165, 1.54) is 19.1 Å². The van der Waals surface area contributed by atoms with E-state index >= 15 is 0 Å². The van der Waals surface area contributed by atoms with Crippen molar-refractivity contribution in [3.05, 3.63) is 42.0 Å². The van der Waals surface area contributed by atoms with Gasteiger partial charge in [0.05, 0.1) is 12.3 Å². The fourth-order valence-electron chi connectivity index (χ4n) is 3.30. The zero-order valence-electron chi connectivity index (χ0n) is 14.2. The molecule has 1 aliphatic rings. The number of carbonyl (C=O) groups is 1. The molecule has 0 aliphatic carbocycles. The summed E-state index contributed by atoms with van der Waals surface area (Å²) in [7, 11) is 0. The molecule has 1 amide bonds. The number of nitrogens with zero attached hydrogens (tertiary/aromatic N) is 2. The molecule has 3 rings (SSSR count). The second-order valence-corrected chi connectivity index (χ2v) is 6.57. The van der Waals surface area contributed by atoms with E-state index in [0.717, 1.165) is 29.7 Å². The van der Waals surface area contributed by atoms with Crippen molar-refractivity contribution >= 4 is 5.91 Å². The zero-order valence-corrected chi connectivity index (χ0v) is 14.2. The lowest BCUT2D eigenvalue weighted by Crippen LogP contribution is -2.51. The first-order valence-corrected chi connectivity index (χ1v) is 8.49. The second kappa shape index (κ2) is 7.33. The number of likely N-dealkylation sites (tertiary alicyclic amines) is 1. The van der Waals surface area contributed by atoms with Crippen LogP contribution in [-0.4, -0.2) is 51.3 Å². The molecule has 1 aromatic carbocycles. The third-order valence-corrected chi connectivity index (χ3v) is 4.82. The maximum atomic E-state index is 13.5. The van der Waals surface area contributed by atoms with E-state index < -0.39 is 12.1 Å². The fraction of sp³-hybridized carbons (Fsp3) is 0.444. The average Bonchev–Trinajstić information content (AvgIpc) is 3.10. The standard InChI is InChI=1S/C18H23FN4O2/c1-11(24)16(20)18(25)23-7-5-12(6-8-23)17-15(10-21-22-17)13-3-2-4-14(19)9-13/h2-4,9-12,16,24H,5-8,20H2,1H3,(H,21,22)/t11-,16+/m1/s1. The van der Waals surface area contributed by atoms with Crippen LogP contribution in [0, 0.1) is 5.82 Å². The maximum absolute atomic E-state index is 13.5. The van der Waals surface area contributed by atoms with Crippen LogP contribution in [0.3, 0.4) is 0 Å². The minimum absolute atomic E-state index is 0.215. The van der Waals surface area contributed by atoms with Gasteiger partial charge >= 0.3 is 0 Å². The number of H-pyrrole nitrogens is 1. The number of aromatic amines is 1. The molecular weight excluding hydrogens is 323 g/mol. The number of hydrogen-bond acceptors (Lipinski definition) is 4. The van der Waals surface area contributed by atoms with Crippen LogP contribution in [0.25, 0.3) is 11.1 Å². The van der Waals surface area contributed by atoms with Gasteiger partial charge in [-0.15, -0.1) is 0 Å².